The molecule has 2 atom stereocenters. The van der Waals surface area contributed by atoms with E-state index in [0.29, 0.717) is 5.75 Å². The van der Waals surface area contributed by atoms with Crippen LogP contribution in [0.25, 0.3) is 0 Å². The lowest BCUT2D eigenvalue weighted by Crippen LogP contribution is -2.44. The van der Waals surface area contributed by atoms with Crippen LogP contribution in [-0.2, 0) is 9.53 Å². The Bertz CT molecular complexity index is 554. The van der Waals surface area contributed by atoms with Crippen LogP contribution < -0.4 is 10.1 Å². The molecule has 0 aromatic heterocycles. The minimum atomic E-state index is -0.793. The molecule has 1 aromatic rings. The standard InChI is InChI=1S/C19H29NO4/c1-11(2)15-9-8-10-16(12(3)4)18(15)24-19(22)23-14(6)17(20-7)13(5)21/h8-12,14,17,20H,1-7H3. The largest absolute Gasteiger partial charge is 0.514 e. The Morgan fingerprint density at radius 2 is 1.50 bits per heavy atom. The molecule has 0 amide bonds. The van der Waals surface area contributed by atoms with E-state index < -0.39 is 18.3 Å². The van der Waals surface area contributed by atoms with Crippen molar-refractivity contribution in [3.63, 3.8) is 0 Å². The van der Waals surface area contributed by atoms with Gasteiger partial charge in [-0.25, -0.2) is 4.79 Å². The first-order valence-electron chi connectivity index (χ1n) is 8.38. The number of Topliss-reactive ketones (excluding diaryl/α,β-unsaturated/α-hetero) is 1. The lowest BCUT2D eigenvalue weighted by atomic mass is 9.94. The van der Waals surface area contributed by atoms with E-state index in [1.54, 1.807) is 14.0 Å². The SMILES string of the molecule is CNC(C(C)=O)C(C)OC(=O)Oc1c(C(C)C)cccc1C(C)C. The van der Waals surface area contributed by atoms with Crippen molar-refractivity contribution in [3.8, 4) is 5.75 Å². The first-order chi connectivity index (χ1) is 11.2. The fraction of sp³-hybridized carbons (Fsp3) is 0.579. The van der Waals surface area contributed by atoms with Gasteiger partial charge in [0.15, 0.2) is 0 Å². The highest BCUT2D eigenvalue weighted by molar-refractivity contribution is 5.82. The molecular weight excluding hydrogens is 306 g/mol. The molecule has 5 nitrogen and oxygen atoms in total. The molecule has 0 saturated carbocycles. The van der Waals surface area contributed by atoms with Gasteiger partial charge in [0, 0.05) is 0 Å². The van der Waals surface area contributed by atoms with Crippen molar-refractivity contribution in [2.45, 2.75) is 65.5 Å². The minimum Gasteiger partial charge on any atom is -0.429 e. The summed E-state index contributed by atoms with van der Waals surface area (Å²) in [6.45, 7) is 11.3. The van der Waals surface area contributed by atoms with E-state index in [-0.39, 0.29) is 17.6 Å². The van der Waals surface area contributed by atoms with Crippen LogP contribution in [0.2, 0.25) is 0 Å². The number of ketones is 1. The van der Waals surface area contributed by atoms with Crippen molar-refractivity contribution in [1.29, 1.82) is 0 Å². The highest BCUT2D eigenvalue weighted by Crippen LogP contribution is 2.34. The van der Waals surface area contributed by atoms with Gasteiger partial charge in [-0.1, -0.05) is 45.9 Å². The lowest BCUT2D eigenvalue weighted by Gasteiger charge is -2.22. The smallest absolute Gasteiger partial charge is 0.429 e. The summed E-state index contributed by atoms with van der Waals surface area (Å²) in [6, 6.07) is 5.32. The summed E-state index contributed by atoms with van der Waals surface area (Å²) in [7, 11) is 1.65. The van der Waals surface area contributed by atoms with E-state index in [0.717, 1.165) is 11.1 Å². The number of hydrogen-bond donors (Lipinski definition) is 1. The van der Waals surface area contributed by atoms with Crippen LogP contribution in [-0.4, -0.2) is 31.1 Å². The van der Waals surface area contributed by atoms with Crippen molar-refractivity contribution >= 4 is 11.9 Å². The topological polar surface area (TPSA) is 64.6 Å². The summed E-state index contributed by atoms with van der Waals surface area (Å²) in [6.07, 6.45) is -1.41. The Kier molecular flexibility index (Phi) is 7.42. The third-order valence-electron chi connectivity index (χ3n) is 4.01. The van der Waals surface area contributed by atoms with Gasteiger partial charge in [-0.05, 0) is 43.9 Å². The molecule has 0 spiro atoms. The Morgan fingerprint density at radius 3 is 1.88 bits per heavy atom. The van der Waals surface area contributed by atoms with E-state index in [4.69, 9.17) is 9.47 Å². The van der Waals surface area contributed by atoms with Crippen molar-refractivity contribution in [2.24, 2.45) is 0 Å². The normalized spacial score (nSPS) is 13.7. The van der Waals surface area contributed by atoms with Gasteiger partial charge in [0.2, 0.25) is 0 Å². The van der Waals surface area contributed by atoms with Gasteiger partial charge in [-0.15, -0.1) is 0 Å². The summed E-state index contributed by atoms with van der Waals surface area (Å²) in [4.78, 5) is 23.8. The molecular formula is C19H29NO4. The third-order valence-corrected chi connectivity index (χ3v) is 4.01. The van der Waals surface area contributed by atoms with E-state index in [9.17, 15) is 9.59 Å². The maximum atomic E-state index is 12.2. The summed E-state index contributed by atoms with van der Waals surface area (Å²) >= 11 is 0. The lowest BCUT2D eigenvalue weighted by molar-refractivity contribution is -0.121. The second kappa shape index (κ2) is 8.83. The Hall–Kier alpha value is -1.88. The van der Waals surface area contributed by atoms with Crippen molar-refractivity contribution in [3.05, 3.63) is 29.3 Å². The average Bonchev–Trinajstić information content (AvgIpc) is 2.46. The Morgan fingerprint density at radius 1 is 1.00 bits per heavy atom. The van der Waals surface area contributed by atoms with Gasteiger partial charge < -0.3 is 14.8 Å². The van der Waals surface area contributed by atoms with Gasteiger partial charge in [0.1, 0.15) is 23.7 Å². The maximum Gasteiger partial charge on any atom is 0.514 e. The zero-order valence-corrected chi connectivity index (χ0v) is 15.7. The molecule has 2 unspecified atom stereocenters. The number of rotatable bonds is 7. The summed E-state index contributed by atoms with van der Waals surface area (Å²) in [5.74, 6) is 0.893. The van der Waals surface area contributed by atoms with Crippen LogP contribution in [0.5, 0.6) is 5.75 Å². The van der Waals surface area contributed by atoms with E-state index >= 15 is 0 Å². The highest BCUT2D eigenvalue weighted by atomic mass is 16.7. The molecule has 0 aliphatic carbocycles. The molecule has 1 N–H and O–H groups in total. The van der Waals surface area contributed by atoms with Gasteiger partial charge in [-0.2, -0.15) is 0 Å². The number of para-hydroxylation sites is 1. The molecule has 0 saturated heterocycles. The molecule has 1 aromatic carbocycles. The van der Waals surface area contributed by atoms with Gasteiger partial charge >= 0.3 is 6.16 Å². The Balaban J connectivity index is 2.99. The van der Waals surface area contributed by atoms with E-state index in [2.05, 4.69) is 5.32 Å². The summed E-state index contributed by atoms with van der Waals surface area (Å²) in [5.41, 5.74) is 1.92. The van der Waals surface area contributed by atoms with Crippen molar-refractivity contribution < 1.29 is 19.1 Å². The number of likely N-dealkylation sites (N-methyl/N-ethyl adjacent to an activating group) is 1. The van der Waals surface area contributed by atoms with Crippen LogP contribution in [0.3, 0.4) is 0 Å². The van der Waals surface area contributed by atoms with Crippen LogP contribution in [0.15, 0.2) is 18.2 Å². The number of ether oxygens (including phenoxy) is 2. The van der Waals surface area contributed by atoms with Gasteiger partial charge in [0.25, 0.3) is 0 Å². The number of nitrogens with one attached hydrogen (secondary N) is 1. The third kappa shape index (κ3) is 5.06. The predicted octanol–water partition coefficient (Wildman–Crippen LogP) is 4.01. The summed E-state index contributed by atoms with van der Waals surface area (Å²) < 4.78 is 10.8. The van der Waals surface area contributed by atoms with Crippen LogP contribution in [0.1, 0.15) is 64.5 Å². The molecule has 0 aliphatic rings. The minimum absolute atomic E-state index is 0.0942. The van der Waals surface area contributed by atoms with E-state index in [1.807, 2.05) is 45.9 Å². The fourth-order valence-electron chi connectivity index (χ4n) is 2.70. The quantitative estimate of drug-likeness (QED) is 0.602. The number of carbonyl (C=O) groups excluding carboxylic acids is 2. The van der Waals surface area contributed by atoms with Crippen molar-refractivity contribution in [2.75, 3.05) is 7.05 Å². The van der Waals surface area contributed by atoms with Crippen LogP contribution in [0, 0.1) is 0 Å². The first kappa shape index (κ1) is 20.2. The molecule has 24 heavy (non-hydrogen) atoms. The van der Waals surface area contributed by atoms with Gasteiger partial charge in [0.05, 0.1) is 0 Å². The predicted molar refractivity (Wildman–Crippen MR) is 94.7 cm³/mol. The van der Waals surface area contributed by atoms with Crippen LogP contribution >= 0.6 is 0 Å². The molecule has 0 heterocycles. The maximum absolute atomic E-state index is 12.2. The van der Waals surface area contributed by atoms with Crippen LogP contribution in [0.4, 0.5) is 4.79 Å². The average molecular weight is 335 g/mol. The molecule has 0 fully saturated rings. The Labute approximate surface area is 144 Å². The molecule has 1 rings (SSSR count). The molecule has 0 radical (unpaired) electrons. The second-order valence-electron chi connectivity index (χ2n) is 6.63. The zero-order valence-electron chi connectivity index (χ0n) is 15.7. The first-order valence-corrected chi connectivity index (χ1v) is 8.38. The summed E-state index contributed by atoms with van der Waals surface area (Å²) in [5, 5.41) is 2.85. The zero-order chi connectivity index (χ0) is 18.4. The molecule has 5 heteroatoms. The monoisotopic (exact) mass is 335 g/mol. The number of hydrogen-bond acceptors (Lipinski definition) is 5. The number of carbonyl (C=O) groups is 2. The fourth-order valence-corrected chi connectivity index (χ4v) is 2.70. The van der Waals surface area contributed by atoms with Crippen molar-refractivity contribution in [1.82, 2.24) is 5.32 Å². The van der Waals surface area contributed by atoms with Gasteiger partial charge in [-0.3, -0.25) is 4.79 Å². The second-order valence-corrected chi connectivity index (χ2v) is 6.63. The molecule has 134 valence electrons. The van der Waals surface area contributed by atoms with E-state index in [1.165, 1.54) is 6.92 Å². The molecule has 0 bridgehead atoms. The number of benzene rings is 1. The highest BCUT2D eigenvalue weighted by Gasteiger charge is 2.26. The molecule has 0 aliphatic heterocycles.